The van der Waals surface area contributed by atoms with Gasteiger partial charge >= 0.3 is 5.97 Å². The van der Waals surface area contributed by atoms with Gasteiger partial charge < -0.3 is 14.2 Å². The molecular formula is C20H19ClO6S. The quantitative estimate of drug-likeness (QED) is 0.417. The Labute approximate surface area is 169 Å². The van der Waals surface area contributed by atoms with Crippen LogP contribution in [0.5, 0.6) is 11.5 Å². The molecule has 2 aromatic carbocycles. The van der Waals surface area contributed by atoms with Crippen LogP contribution in [0.25, 0.3) is 0 Å². The van der Waals surface area contributed by atoms with Crippen molar-refractivity contribution >= 4 is 32.7 Å². The fourth-order valence-electron chi connectivity index (χ4n) is 3.28. The van der Waals surface area contributed by atoms with Crippen molar-refractivity contribution in [2.24, 2.45) is 5.41 Å². The van der Waals surface area contributed by atoms with Crippen LogP contribution in [-0.4, -0.2) is 39.6 Å². The van der Waals surface area contributed by atoms with Crippen LogP contribution < -0.4 is 4.74 Å². The maximum Gasteiger partial charge on any atom is 0.317 e. The molecule has 1 aliphatic rings. The topological polar surface area (TPSA) is 78.9 Å². The fourth-order valence-corrected chi connectivity index (χ4v) is 4.35. The van der Waals surface area contributed by atoms with Gasteiger partial charge in [-0.15, -0.1) is 0 Å². The molecule has 0 unspecified atom stereocenters. The normalized spacial score (nSPS) is 15.5. The second-order valence-electron chi connectivity index (χ2n) is 6.33. The summed E-state index contributed by atoms with van der Waals surface area (Å²) in [5, 5.41) is 0.601. The molecular weight excluding hydrogens is 404 g/mol. The molecule has 1 saturated heterocycles. The minimum atomic E-state index is -2.61. The van der Waals surface area contributed by atoms with Crippen molar-refractivity contribution in [3.8, 4) is 11.5 Å². The van der Waals surface area contributed by atoms with Crippen molar-refractivity contribution in [3.05, 3.63) is 59.1 Å². The maximum atomic E-state index is 12.5. The fraction of sp³-hybridized carbons (Fsp3) is 0.300. The Morgan fingerprint density at radius 2 is 1.54 bits per heavy atom. The van der Waals surface area contributed by atoms with Crippen molar-refractivity contribution in [2.45, 2.75) is 12.8 Å². The predicted molar refractivity (Wildman–Crippen MR) is 105 cm³/mol. The largest absolute Gasteiger partial charge is 0.468 e. The van der Waals surface area contributed by atoms with Crippen molar-refractivity contribution in [1.29, 1.82) is 0 Å². The molecule has 148 valence electrons. The van der Waals surface area contributed by atoms with Gasteiger partial charge in [-0.1, -0.05) is 11.6 Å². The zero-order valence-corrected chi connectivity index (χ0v) is 16.8. The molecule has 0 saturated carbocycles. The van der Waals surface area contributed by atoms with E-state index < -0.39 is 21.7 Å². The van der Waals surface area contributed by atoms with E-state index >= 15 is 0 Å². The molecule has 1 fully saturated rings. The third-order valence-corrected chi connectivity index (χ3v) is 5.90. The SMILES string of the molecule is COC(=O)C1(C(c2ccc(Oc3ccc(Cl)cc3)cc2)=S(=O)=O)CCOCC1. The summed E-state index contributed by atoms with van der Waals surface area (Å²) in [5.41, 5.74) is -0.831. The number of carbonyl (C=O) groups is 1. The highest BCUT2D eigenvalue weighted by molar-refractivity contribution is 7.73. The van der Waals surface area contributed by atoms with Gasteiger partial charge in [0.1, 0.15) is 16.9 Å². The highest BCUT2D eigenvalue weighted by Gasteiger charge is 2.47. The third kappa shape index (κ3) is 4.22. The summed E-state index contributed by atoms with van der Waals surface area (Å²) < 4.78 is 40.2. The van der Waals surface area contributed by atoms with E-state index in [4.69, 9.17) is 25.8 Å². The third-order valence-electron chi connectivity index (χ3n) is 4.69. The van der Waals surface area contributed by atoms with Gasteiger partial charge in [-0.2, -0.15) is 8.42 Å². The molecule has 0 aromatic heterocycles. The first kappa shape index (κ1) is 20.4. The Bertz CT molecular complexity index is 966. The Morgan fingerprint density at radius 3 is 2.04 bits per heavy atom. The van der Waals surface area contributed by atoms with Crippen LogP contribution in [0.3, 0.4) is 0 Å². The van der Waals surface area contributed by atoms with E-state index in [1.54, 1.807) is 48.5 Å². The van der Waals surface area contributed by atoms with E-state index in [0.29, 0.717) is 22.1 Å². The van der Waals surface area contributed by atoms with Crippen LogP contribution in [0, 0.1) is 5.41 Å². The van der Waals surface area contributed by atoms with Crippen LogP contribution in [0.2, 0.25) is 5.02 Å². The summed E-state index contributed by atoms with van der Waals surface area (Å²) in [6, 6.07) is 13.4. The van der Waals surface area contributed by atoms with Crippen molar-refractivity contribution in [3.63, 3.8) is 0 Å². The molecule has 2 aromatic rings. The molecule has 0 aliphatic carbocycles. The lowest BCUT2D eigenvalue weighted by Crippen LogP contribution is -2.45. The number of rotatable bonds is 5. The molecule has 0 radical (unpaired) electrons. The van der Waals surface area contributed by atoms with Gasteiger partial charge in [-0.3, -0.25) is 4.79 Å². The highest BCUT2D eigenvalue weighted by atomic mass is 35.5. The van der Waals surface area contributed by atoms with Crippen LogP contribution in [0.15, 0.2) is 48.5 Å². The number of methoxy groups -OCH3 is 1. The summed E-state index contributed by atoms with van der Waals surface area (Å²) >= 11 is 5.86. The maximum absolute atomic E-state index is 12.5. The molecule has 0 atom stereocenters. The molecule has 0 amide bonds. The molecule has 0 spiro atoms. The van der Waals surface area contributed by atoms with Crippen molar-refractivity contribution in [2.75, 3.05) is 20.3 Å². The second-order valence-corrected chi connectivity index (χ2v) is 7.64. The molecule has 8 heteroatoms. The summed E-state index contributed by atoms with van der Waals surface area (Å²) in [4.78, 5) is 12.6. The average molecular weight is 423 g/mol. The van der Waals surface area contributed by atoms with Gasteiger partial charge in [0.2, 0.25) is 10.3 Å². The lowest BCUT2D eigenvalue weighted by molar-refractivity contribution is -0.152. The van der Waals surface area contributed by atoms with E-state index in [1.807, 2.05) is 0 Å². The lowest BCUT2D eigenvalue weighted by Gasteiger charge is -2.34. The summed E-state index contributed by atoms with van der Waals surface area (Å²) in [5.74, 6) is 0.557. The first-order valence-corrected chi connectivity index (χ1v) is 10.1. The number of hydrogen-bond donors (Lipinski definition) is 0. The van der Waals surface area contributed by atoms with Crippen LogP contribution >= 0.6 is 11.6 Å². The van der Waals surface area contributed by atoms with Gasteiger partial charge in [-0.05, 0) is 66.9 Å². The minimum absolute atomic E-state index is 0.0145. The van der Waals surface area contributed by atoms with E-state index in [2.05, 4.69) is 0 Å². The van der Waals surface area contributed by atoms with Crippen molar-refractivity contribution < 1.29 is 27.4 Å². The monoisotopic (exact) mass is 422 g/mol. The minimum Gasteiger partial charge on any atom is -0.468 e. The number of benzene rings is 2. The average Bonchev–Trinajstić information content (AvgIpc) is 2.71. The van der Waals surface area contributed by atoms with E-state index in [-0.39, 0.29) is 30.9 Å². The van der Waals surface area contributed by atoms with Crippen LogP contribution in [0.4, 0.5) is 0 Å². The second kappa shape index (κ2) is 8.77. The number of carbonyl (C=O) groups excluding carboxylic acids is 1. The zero-order chi connectivity index (χ0) is 20.1. The first-order chi connectivity index (χ1) is 13.5. The molecule has 0 N–H and O–H groups in total. The van der Waals surface area contributed by atoms with Crippen LogP contribution in [-0.2, 0) is 24.6 Å². The van der Waals surface area contributed by atoms with Gasteiger partial charge in [0.25, 0.3) is 0 Å². The molecule has 6 nitrogen and oxygen atoms in total. The number of esters is 1. The molecule has 28 heavy (non-hydrogen) atoms. The van der Waals surface area contributed by atoms with E-state index in [9.17, 15) is 13.2 Å². The van der Waals surface area contributed by atoms with Crippen LogP contribution in [0.1, 0.15) is 18.4 Å². The summed E-state index contributed by atoms with van der Waals surface area (Å²) in [6.07, 6.45) is 0.484. The first-order valence-electron chi connectivity index (χ1n) is 8.63. The van der Waals surface area contributed by atoms with Gasteiger partial charge in [0.05, 0.1) is 12.0 Å². The summed E-state index contributed by atoms with van der Waals surface area (Å²) in [7, 11) is -1.35. The van der Waals surface area contributed by atoms with E-state index in [1.165, 1.54) is 7.11 Å². The Morgan fingerprint density at radius 1 is 1.00 bits per heavy atom. The number of ether oxygens (including phenoxy) is 3. The molecule has 3 rings (SSSR count). The Balaban J connectivity index is 1.94. The van der Waals surface area contributed by atoms with Crippen molar-refractivity contribution in [1.82, 2.24) is 0 Å². The lowest BCUT2D eigenvalue weighted by atomic mass is 9.75. The van der Waals surface area contributed by atoms with Gasteiger partial charge in [0, 0.05) is 18.2 Å². The highest BCUT2D eigenvalue weighted by Crippen LogP contribution is 2.36. The Kier molecular flexibility index (Phi) is 6.39. The smallest absolute Gasteiger partial charge is 0.317 e. The molecule has 1 aliphatic heterocycles. The molecule has 1 heterocycles. The Hall–Kier alpha value is -2.35. The number of hydrogen-bond acceptors (Lipinski definition) is 6. The van der Waals surface area contributed by atoms with Gasteiger partial charge in [-0.25, -0.2) is 0 Å². The standard InChI is InChI=1S/C20H19ClO6S/c1-25-19(22)20(10-12-26-13-11-20)18(28(23)24)14-2-6-16(7-3-14)27-17-8-4-15(21)5-9-17/h2-9H,10-13H2,1H3. The van der Waals surface area contributed by atoms with Gasteiger partial charge in [0.15, 0.2) is 0 Å². The summed E-state index contributed by atoms with van der Waals surface area (Å²) in [6.45, 7) is 0.571. The van der Waals surface area contributed by atoms with E-state index in [0.717, 1.165) is 0 Å². The zero-order valence-electron chi connectivity index (χ0n) is 15.2. The predicted octanol–water partition coefficient (Wildman–Crippen LogP) is 3.50. The molecule has 0 bridgehead atoms. The number of halogens is 1.